The number of nitrogens with zero attached hydrogens (tertiary/aromatic N) is 1. The SMILES string of the molecule is CCN(CC)c1ccc(-c2cccc(OC)c2)cc1. The lowest BCUT2D eigenvalue weighted by molar-refractivity contribution is 0.415. The summed E-state index contributed by atoms with van der Waals surface area (Å²) in [5, 5.41) is 0. The summed E-state index contributed by atoms with van der Waals surface area (Å²) in [4.78, 5) is 2.34. The van der Waals surface area contributed by atoms with Crippen LogP contribution < -0.4 is 9.64 Å². The fourth-order valence-electron chi connectivity index (χ4n) is 2.26. The first-order chi connectivity index (χ1) is 9.28. The van der Waals surface area contributed by atoms with Crippen molar-refractivity contribution in [3.8, 4) is 16.9 Å². The van der Waals surface area contributed by atoms with Gasteiger partial charge in [-0.3, -0.25) is 0 Å². The Morgan fingerprint density at radius 3 is 2.16 bits per heavy atom. The molecule has 0 aliphatic rings. The Labute approximate surface area is 115 Å². The molecule has 2 rings (SSSR count). The van der Waals surface area contributed by atoms with E-state index in [-0.39, 0.29) is 0 Å². The van der Waals surface area contributed by atoms with Gasteiger partial charge < -0.3 is 9.64 Å². The van der Waals surface area contributed by atoms with E-state index in [0.717, 1.165) is 18.8 Å². The summed E-state index contributed by atoms with van der Waals surface area (Å²) >= 11 is 0. The van der Waals surface area contributed by atoms with Gasteiger partial charge in [-0.15, -0.1) is 0 Å². The van der Waals surface area contributed by atoms with Crippen molar-refractivity contribution in [2.24, 2.45) is 0 Å². The number of methoxy groups -OCH3 is 1. The maximum absolute atomic E-state index is 5.26. The van der Waals surface area contributed by atoms with E-state index in [4.69, 9.17) is 4.74 Å². The van der Waals surface area contributed by atoms with Gasteiger partial charge in [0, 0.05) is 18.8 Å². The van der Waals surface area contributed by atoms with Crippen LogP contribution in [0.4, 0.5) is 5.69 Å². The van der Waals surface area contributed by atoms with Crippen LogP contribution in [0, 0.1) is 0 Å². The summed E-state index contributed by atoms with van der Waals surface area (Å²) in [7, 11) is 1.70. The van der Waals surface area contributed by atoms with Crippen molar-refractivity contribution in [2.75, 3.05) is 25.1 Å². The van der Waals surface area contributed by atoms with E-state index in [0.29, 0.717) is 0 Å². The van der Waals surface area contributed by atoms with E-state index in [1.807, 2.05) is 12.1 Å². The molecule has 0 bridgehead atoms. The molecule has 0 atom stereocenters. The van der Waals surface area contributed by atoms with E-state index < -0.39 is 0 Å². The van der Waals surface area contributed by atoms with Gasteiger partial charge in [0.05, 0.1) is 7.11 Å². The largest absolute Gasteiger partial charge is 0.497 e. The third-order valence-corrected chi connectivity index (χ3v) is 3.40. The third kappa shape index (κ3) is 3.08. The minimum absolute atomic E-state index is 0.894. The highest BCUT2D eigenvalue weighted by Gasteiger charge is 2.03. The smallest absolute Gasteiger partial charge is 0.119 e. The van der Waals surface area contributed by atoms with Gasteiger partial charge in [-0.05, 0) is 49.2 Å². The Morgan fingerprint density at radius 2 is 1.58 bits per heavy atom. The van der Waals surface area contributed by atoms with E-state index in [9.17, 15) is 0 Å². The normalized spacial score (nSPS) is 10.3. The van der Waals surface area contributed by atoms with Crippen LogP contribution in [0.3, 0.4) is 0 Å². The molecule has 19 heavy (non-hydrogen) atoms. The molecular weight excluding hydrogens is 234 g/mol. The van der Waals surface area contributed by atoms with Crippen molar-refractivity contribution in [3.63, 3.8) is 0 Å². The van der Waals surface area contributed by atoms with Crippen LogP contribution >= 0.6 is 0 Å². The quantitative estimate of drug-likeness (QED) is 0.793. The second-order valence-electron chi connectivity index (χ2n) is 4.45. The molecule has 0 unspecified atom stereocenters. The van der Waals surface area contributed by atoms with Gasteiger partial charge >= 0.3 is 0 Å². The van der Waals surface area contributed by atoms with Crippen LogP contribution in [0.25, 0.3) is 11.1 Å². The number of benzene rings is 2. The van der Waals surface area contributed by atoms with E-state index in [1.54, 1.807) is 7.11 Å². The maximum atomic E-state index is 5.26. The number of rotatable bonds is 5. The van der Waals surface area contributed by atoms with Crippen LogP contribution in [0.2, 0.25) is 0 Å². The van der Waals surface area contributed by atoms with Crippen LogP contribution in [-0.2, 0) is 0 Å². The Morgan fingerprint density at radius 1 is 0.895 bits per heavy atom. The first-order valence-electron chi connectivity index (χ1n) is 6.78. The van der Waals surface area contributed by atoms with Gasteiger partial charge in [-0.25, -0.2) is 0 Å². The zero-order valence-electron chi connectivity index (χ0n) is 11.9. The second kappa shape index (κ2) is 6.28. The van der Waals surface area contributed by atoms with Crippen molar-refractivity contribution < 1.29 is 4.74 Å². The Hall–Kier alpha value is -1.96. The molecule has 0 spiro atoms. The predicted molar refractivity (Wildman–Crippen MR) is 82.0 cm³/mol. The maximum Gasteiger partial charge on any atom is 0.119 e. The zero-order valence-corrected chi connectivity index (χ0v) is 11.9. The van der Waals surface area contributed by atoms with Crippen LogP contribution in [0.5, 0.6) is 5.75 Å². The van der Waals surface area contributed by atoms with E-state index >= 15 is 0 Å². The van der Waals surface area contributed by atoms with Crippen molar-refractivity contribution in [3.05, 3.63) is 48.5 Å². The van der Waals surface area contributed by atoms with Gasteiger partial charge in [0.25, 0.3) is 0 Å². The minimum Gasteiger partial charge on any atom is -0.497 e. The minimum atomic E-state index is 0.894. The van der Waals surface area contributed by atoms with Gasteiger partial charge in [0.15, 0.2) is 0 Å². The number of hydrogen-bond donors (Lipinski definition) is 0. The molecule has 0 saturated heterocycles. The molecule has 0 aliphatic carbocycles. The molecule has 0 fully saturated rings. The fourth-order valence-corrected chi connectivity index (χ4v) is 2.26. The molecule has 0 heterocycles. The average molecular weight is 255 g/mol. The standard InChI is InChI=1S/C17H21NO/c1-4-18(5-2)16-11-9-14(10-12-16)15-7-6-8-17(13-15)19-3/h6-13H,4-5H2,1-3H3. The van der Waals surface area contributed by atoms with E-state index in [2.05, 4.69) is 55.1 Å². The predicted octanol–water partition coefficient (Wildman–Crippen LogP) is 4.21. The molecule has 0 N–H and O–H groups in total. The number of hydrogen-bond acceptors (Lipinski definition) is 2. The van der Waals surface area contributed by atoms with Crippen molar-refractivity contribution in [1.29, 1.82) is 0 Å². The lowest BCUT2D eigenvalue weighted by Crippen LogP contribution is -2.21. The van der Waals surface area contributed by atoms with Gasteiger partial charge in [-0.2, -0.15) is 0 Å². The van der Waals surface area contributed by atoms with Crippen molar-refractivity contribution in [1.82, 2.24) is 0 Å². The Bertz CT molecular complexity index is 515. The molecule has 0 aliphatic heterocycles. The first kappa shape index (κ1) is 13.5. The van der Waals surface area contributed by atoms with E-state index in [1.165, 1.54) is 16.8 Å². The molecule has 2 aromatic rings. The molecule has 2 heteroatoms. The number of anilines is 1. The van der Waals surface area contributed by atoms with Gasteiger partial charge in [0.2, 0.25) is 0 Å². The van der Waals surface area contributed by atoms with Gasteiger partial charge in [0.1, 0.15) is 5.75 Å². The summed E-state index contributed by atoms with van der Waals surface area (Å²) < 4.78 is 5.26. The molecule has 0 radical (unpaired) electrons. The molecule has 2 nitrogen and oxygen atoms in total. The first-order valence-corrected chi connectivity index (χ1v) is 6.78. The van der Waals surface area contributed by atoms with Crippen LogP contribution in [0.1, 0.15) is 13.8 Å². The lowest BCUT2D eigenvalue weighted by Gasteiger charge is -2.21. The fraction of sp³-hybridized carbons (Fsp3) is 0.294. The average Bonchev–Trinajstić information content (AvgIpc) is 2.49. The third-order valence-electron chi connectivity index (χ3n) is 3.40. The number of ether oxygens (including phenoxy) is 1. The molecule has 0 amide bonds. The molecule has 0 aromatic heterocycles. The Kier molecular flexibility index (Phi) is 4.45. The zero-order chi connectivity index (χ0) is 13.7. The molecular formula is C17H21NO. The topological polar surface area (TPSA) is 12.5 Å². The molecule has 0 saturated carbocycles. The highest BCUT2D eigenvalue weighted by Crippen LogP contribution is 2.26. The second-order valence-corrected chi connectivity index (χ2v) is 4.45. The summed E-state index contributed by atoms with van der Waals surface area (Å²) in [5.74, 6) is 0.894. The highest BCUT2D eigenvalue weighted by atomic mass is 16.5. The summed E-state index contributed by atoms with van der Waals surface area (Å²) in [6.07, 6.45) is 0. The van der Waals surface area contributed by atoms with Crippen LogP contribution in [-0.4, -0.2) is 20.2 Å². The summed E-state index contributed by atoms with van der Waals surface area (Å²) in [5.41, 5.74) is 3.68. The lowest BCUT2D eigenvalue weighted by atomic mass is 10.0. The molecule has 2 aromatic carbocycles. The van der Waals surface area contributed by atoms with Crippen molar-refractivity contribution in [2.45, 2.75) is 13.8 Å². The van der Waals surface area contributed by atoms with Gasteiger partial charge in [-0.1, -0.05) is 24.3 Å². The molecule has 100 valence electrons. The highest BCUT2D eigenvalue weighted by molar-refractivity contribution is 5.67. The summed E-state index contributed by atoms with van der Waals surface area (Å²) in [6, 6.07) is 16.9. The van der Waals surface area contributed by atoms with Crippen LogP contribution in [0.15, 0.2) is 48.5 Å². The Balaban J connectivity index is 2.26. The summed E-state index contributed by atoms with van der Waals surface area (Å²) in [6.45, 7) is 6.43. The van der Waals surface area contributed by atoms with Crippen molar-refractivity contribution >= 4 is 5.69 Å². The monoisotopic (exact) mass is 255 g/mol.